The molecule has 134 valence electrons. The molecule has 2 rings (SSSR count). The zero-order valence-electron chi connectivity index (χ0n) is 14.9. The van der Waals surface area contributed by atoms with Crippen LogP contribution >= 0.6 is 11.6 Å². The number of nitrogens with zero attached hydrogens (tertiary/aromatic N) is 1. The van der Waals surface area contributed by atoms with Crippen molar-refractivity contribution in [2.45, 2.75) is 12.8 Å². The Balaban J connectivity index is 1.80. The smallest absolute Gasteiger partial charge is 0.221 e. The first-order valence-electron chi connectivity index (χ1n) is 8.28. The number of hydrogen-bond acceptors (Lipinski definition) is 3. The number of para-hydroxylation sites is 1. The Morgan fingerprint density at radius 3 is 2.42 bits per heavy atom. The van der Waals surface area contributed by atoms with Crippen LogP contribution in [0.3, 0.4) is 0 Å². The van der Waals surface area contributed by atoms with E-state index in [1.54, 1.807) is 24.3 Å². The highest BCUT2D eigenvalue weighted by atomic mass is 35.5. The van der Waals surface area contributed by atoms with E-state index in [1.807, 2.05) is 43.3 Å². The summed E-state index contributed by atoms with van der Waals surface area (Å²) in [5.74, 6) is 5.73. The fourth-order valence-corrected chi connectivity index (χ4v) is 2.47. The second-order valence-corrected chi connectivity index (χ2v) is 6.36. The van der Waals surface area contributed by atoms with E-state index in [-0.39, 0.29) is 31.1 Å². The number of halogens is 1. The summed E-state index contributed by atoms with van der Waals surface area (Å²) in [7, 11) is 3.92. The average molecular weight is 369 g/mol. The standard InChI is InChI=1S/C21H21ClN2O2/c1-24(2)19-8-4-3-6-16(19)7-5-15-23-21(26)14-13-20(25)17-9-11-18(22)12-10-17/h3-4,6,8-12H,13-15H2,1-2H3,(H,23,26). The van der Waals surface area contributed by atoms with Gasteiger partial charge in [0.25, 0.3) is 0 Å². The minimum atomic E-state index is -0.192. The Bertz CT molecular complexity index is 833. The first-order valence-corrected chi connectivity index (χ1v) is 8.66. The summed E-state index contributed by atoms with van der Waals surface area (Å²) in [5.41, 5.74) is 2.49. The van der Waals surface area contributed by atoms with E-state index in [1.165, 1.54) is 0 Å². The van der Waals surface area contributed by atoms with Crippen LogP contribution in [0.15, 0.2) is 48.5 Å². The summed E-state index contributed by atoms with van der Waals surface area (Å²) in [4.78, 5) is 25.9. The number of ketones is 1. The molecule has 0 aliphatic heterocycles. The Kier molecular flexibility index (Phi) is 7.25. The van der Waals surface area contributed by atoms with Gasteiger partial charge in [0.1, 0.15) is 0 Å². The van der Waals surface area contributed by atoms with E-state index >= 15 is 0 Å². The van der Waals surface area contributed by atoms with Crippen LogP contribution in [0.4, 0.5) is 5.69 Å². The third kappa shape index (κ3) is 5.94. The van der Waals surface area contributed by atoms with Gasteiger partial charge in [-0.25, -0.2) is 0 Å². The van der Waals surface area contributed by atoms with Crippen molar-refractivity contribution in [3.8, 4) is 11.8 Å². The van der Waals surface area contributed by atoms with E-state index in [0.717, 1.165) is 11.3 Å². The summed E-state index contributed by atoms with van der Waals surface area (Å²) in [6, 6.07) is 14.5. The predicted octanol–water partition coefficient (Wildman–Crippen LogP) is 3.54. The number of amides is 1. The minimum Gasteiger partial charge on any atom is -0.377 e. The second-order valence-electron chi connectivity index (χ2n) is 5.92. The molecule has 1 amide bonds. The van der Waals surface area contributed by atoms with Crippen molar-refractivity contribution < 1.29 is 9.59 Å². The van der Waals surface area contributed by atoms with Crippen molar-refractivity contribution in [2.24, 2.45) is 0 Å². The van der Waals surface area contributed by atoms with Crippen molar-refractivity contribution in [2.75, 3.05) is 25.5 Å². The van der Waals surface area contributed by atoms with Gasteiger partial charge in [-0.15, -0.1) is 0 Å². The normalized spacial score (nSPS) is 9.81. The molecule has 4 nitrogen and oxygen atoms in total. The molecular weight excluding hydrogens is 348 g/mol. The maximum atomic E-state index is 12.0. The molecule has 2 aromatic rings. The van der Waals surface area contributed by atoms with Gasteiger partial charge in [-0.05, 0) is 36.4 Å². The number of anilines is 1. The molecule has 0 unspecified atom stereocenters. The molecule has 0 radical (unpaired) electrons. The molecule has 0 fully saturated rings. The number of rotatable bonds is 6. The Labute approximate surface area is 159 Å². The van der Waals surface area contributed by atoms with Gasteiger partial charge in [0.05, 0.1) is 12.2 Å². The lowest BCUT2D eigenvalue weighted by Gasteiger charge is -2.13. The summed E-state index contributed by atoms with van der Waals surface area (Å²) < 4.78 is 0. The highest BCUT2D eigenvalue weighted by Crippen LogP contribution is 2.16. The number of carbonyl (C=O) groups is 2. The zero-order chi connectivity index (χ0) is 18.9. The topological polar surface area (TPSA) is 49.4 Å². The summed E-state index contributed by atoms with van der Waals surface area (Å²) in [5, 5.41) is 3.30. The molecule has 0 aromatic heterocycles. The maximum absolute atomic E-state index is 12.0. The summed E-state index contributed by atoms with van der Waals surface area (Å²) in [6.07, 6.45) is 0.293. The van der Waals surface area contributed by atoms with Crippen LogP contribution in [0.2, 0.25) is 5.02 Å². The maximum Gasteiger partial charge on any atom is 0.221 e. The fraction of sp³-hybridized carbons (Fsp3) is 0.238. The van der Waals surface area contributed by atoms with Crippen LogP contribution in [0, 0.1) is 11.8 Å². The summed E-state index contributed by atoms with van der Waals surface area (Å²) >= 11 is 5.80. The van der Waals surface area contributed by atoms with Gasteiger partial charge in [0.15, 0.2) is 5.78 Å². The van der Waals surface area contributed by atoms with Crippen molar-refractivity contribution in [1.82, 2.24) is 5.32 Å². The highest BCUT2D eigenvalue weighted by molar-refractivity contribution is 6.30. The minimum absolute atomic E-state index is 0.0807. The lowest BCUT2D eigenvalue weighted by Crippen LogP contribution is -2.24. The van der Waals surface area contributed by atoms with E-state index in [4.69, 9.17) is 11.6 Å². The van der Waals surface area contributed by atoms with Crippen LogP contribution in [0.5, 0.6) is 0 Å². The number of benzene rings is 2. The monoisotopic (exact) mass is 368 g/mol. The van der Waals surface area contributed by atoms with E-state index < -0.39 is 0 Å². The molecule has 26 heavy (non-hydrogen) atoms. The van der Waals surface area contributed by atoms with Gasteiger partial charge >= 0.3 is 0 Å². The molecule has 0 atom stereocenters. The van der Waals surface area contributed by atoms with Crippen LogP contribution in [-0.4, -0.2) is 32.3 Å². The van der Waals surface area contributed by atoms with E-state index in [2.05, 4.69) is 17.2 Å². The molecule has 0 saturated heterocycles. The zero-order valence-corrected chi connectivity index (χ0v) is 15.6. The SMILES string of the molecule is CN(C)c1ccccc1C#CCNC(=O)CCC(=O)c1ccc(Cl)cc1. The van der Waals surface area contributed by atoms with Crippen molar-refractivity contribution in [3.63, 3.8) is 0 Å². The van der Waals surface area contributed by atoms with Gasteiger partial charge in [-0.1, -0.05) is 35.6 Å². The molecule has 1 N–H and O–H groups in total. The lowest BCUT2D eigenvalue weighted by molar-refractivity contribution is -0.120. The third-order valence-electron chi connectivity index (χ3n) is 3.73. The highest BCUT2D eigenvalue weighted by Gasteiger charge is 2.08. The molecule has 5 heteroatoms. The Morgan fingerprint density at radius 1 is 1.04 bits per heavy atom. The molecule has 0 spiro atoms. The number of Topliss-reactive ketones (excluding diaryl/α,β-unsaturated/α-hetero) is 1. The largest absolute Gasteiger partial charge is 0.377 e. The Morgan fingerprint density at radius 2 is 1.73 bits per heavy atom. The van der Waals surface area contributed by atoms with Gasteiger partial charge in [0.2, 0.25) is 5.91 Å². The van der Waals surface area contributed by atoms with Crippen LogP contribution in [-0.2, 0) is 4.79 Å². The number of nitrogens with one attached hydrogen (secondary N) is 1. The van der Waals surface area contributed by atoms with Gasteiger partial charge in [-0.2, -0.15) is 0 Å². The van der Waals surface area contributed by atoms with Gasteiger partial charge in [-0.3, -0.25) is 9.59 Å². The van der Waals surface area contributed by atoms with Crippen molar-refractivity contribution >= 4 is 29.0 Å². The third-order valence-corrected chi connectivity index (χ3v) is 3.98. The number of carbonyl (C=O) groups excluding carboxylic acids is 2. The van der Waals surface area contributed by atoms with Gasteiger partial charge < -0.3 is 10.2 Å². The Hall–Kier alpha value is -2.77. The molecule has 0 aliphatic rings. The summed E-state index contributed by atoms with van der Waals surface area (Å²) in [6.45, 7) is 0.246. The molecule has 0 bridgehead atoms. The number of hydrogen-bond donors (Lipinski definition) is 1. The van der Waals surface area contributed by atoms with Crippen LogP contribution < -0.4 is 10.2 Å². The van der Waals surface area contributed by atoms with Crippen molar-refractivity contribution in [1.29, 1.82) is 0 Å². The van der Waals surface area contributed by atoms with Crippen LogP contribution in [0.1, 0.15) is 28.8 Å². The van der Waals surface area contributed by atoms with Crippen LogP contribution in [0.25, 0.3) is 0 Å². The molecule has 2 aromatic carbocycles. The lowest BCUT2D eigenvalue weighted by atomic mass is 10.1. The molecular formula is C21H21ClN2O2. The fourth-order valence-electron chi connectivity index (χ4n) is 2.35. The first-order chi connectivity index (χ1) is 12.5. The van der Waals surface area contributed by atoms with Gasteiger partial charge in [0, 0.05) is 43.1 Å². The first kappa shape index (κ1) is 19.6. The second kappa shape index (κ2) is 9.65. The van der Waals surface area contributed by atoms with E-state index in [0.29, 0.717) is 10.6 Å². The molecule has 0 saturated carbocycles. The van der Waals surface area contributed by atoms with E-state index in [9.17, 15) is 9.59 Å². The molecule has 0 heterocycles. The molecule has 0 aliphatic carbocycles. The predicted molar refractivity (Wildman–Crippen MR) is 106 cm³/mol. The van der Waals surface area contributed by atoms with Crippen molar-refractivity contribution in [3.05, 3.63) is 64.7 Å². The quantitative estimate of drug-likeness (QED) is 0.626. The average Bonchev–Trinajstić information content (AvgIpc) is 2.64.